The Labute approximate surface area is 179 Å². The maximum atomic E-state index is 13.4. The van der Waals surface area contributed by atoms with Crippen molar-refractivity contribution in [2.24, 2.45) is 0 Å². The molecule has 0 bridgehead atoms. The lowest BCUT2D eigenvalue weighted by Crippen LogP contribution is -2.57. The number of anilines is 1. The molecule has 1 amide bonds. The number of hydrogen-bond acceptors (Lipinski definition) is 2. The second-order valence-corrected chi connectivity index (χ2v) is 9.04. The van der Waals surface area contributed by atoms with Crippen LogP contribution in [0.25, 0.3) is 0 Å². The Morgan fingerprint density at radius 2 is 1.57 bits per heavy atom. The third kappa shape index (κ3) is 3.60. The molecule has 1 heterocycles. The molecule has 3 aromatic carbocycles. The summed E-state index contributed by atoms with van der Waals surface area (Å²) in [5.41, 5.74) is 4.05. The van der Waals surface area contributed by atoms with Crippen molar-refractivity contribution in [3.63, 3.8) is 0 Å². The molecule has 1 aliphatic heterocycles. The molecule has 3 nitrogen and oxygen atoms in total. The lowest BCUT2D eigenvalue weighted by Gasteiger charge is -2.51. The molecule has 0 unspecified atom stereocenters. The molecule has 30 heavy (non-hydrogen) atoms. The van der Waals surface area contributed by atoms with Gasteiger partial charge >= 0.3 is 0 Å². The Bertz CT molecular complexity index is 1040. The van der Waals surface area contributed by atoms with Crippen molar-refractivity contribution >= 4 is 11.6 Å². The van der Waals surface area contributed by atoms with Gasteiger partial charge in [-0.1, -0.05) is 67.6 Å². The highest BCUT2D eigenvalue weighted by atomic mass is 16.5. The van der Waals surface area contributed by atoms with Gasteiger partial charge in [-0.15, -0.1) is 0 Å². The van der Waals surface area contributed by atoms with Crippen LogP contribution in [0.2, 0.25) is 0 Å². The van der Waals surface area contributed by atoms with Crippen molar-refractivity contribution < 1.29 is 9.53 Å². The van der Waals surface area contributed by atoms with Crippen molar-refractivity contribution in [3.8, 4) is 5.75 Å². The van der Waals surface area contributed by atoms with Gasteiger partial charge in [0.25, 0.3) is 5.91 Å². The van der Waals surface area contributed by atoms with Crippen LogP contribution in [0.4, 0.5) is 5.69 Å². The Morgan fingerprint density at radius 1 is 0.933 bits per heavy atom. The Hall–Kier alpha value is -3.07. The number of nitrogens with zero attached hydrogens (tertiary/aromatic N) is 1. The fraction of sp³-hybridized carbons (Fsp3) is 0.296. The quantitative estimate of drug-likeness (QED) is 0.547. The van der Waals surface area contributed by atoms with Gasteiger partial charge < -0.3 is 9.64 Å². The molecule has 3 heteroatoms. The van der Waals surface area contributed by atoms with E-state index in [0.29, 0.717) is 5.75 Å². The Morgan fingerprint density at radius 3 is 2.23 bits per heavy atom. The molecular formula is C27H29NO2. The minimum atomic E-state index is -0.359. The number of fused-ring (bicyclic) bond motifs is 1. The average Bonchev–Trinajstić information content (AvgIpc) is 2.72. The summed E-state index contributed by atoms with van der Waals surface area (Å²) in [7, 11) is 0. The van der Waals surface area contributed by atoms with Gasteiger partial charge in [-0.25, -0.2) is 0 Å². The predicted octanol–water partition coefficient (Wildman–Crippen LogP) is 5.90. The smallest absolute Gasteiger partial charge is 0.265 e. The first-order valence-electron chi connectivity index (χ1n) is 10.5. The summed E-state index contributed by atoms with van der Waals surface area (Å²) in [6, 6.07) is 26.6. The second-order valence-electron chi connectivity index (χ2n) is 9.04. The topological polar surface area (TPSA) is 29.5 Å². The van der Waals surface area contributed by atoms with E-state index in [0.717, 1.165) is 17.7 Å². The lowest BCUT2D eigenvalue weighted by molar-refractivity contribution is -0.121. The van der Waals surface area contributed by atoms with Crippen LogP contribution in [-0.4, -0.2) is 18.1 Å². The molecule has 154 valence electrons. The third-order valence-corrected chi connectivity index (χ3v) is 6.15. The number of amides is 1. The number of carbonyl (C=O) groups excluding carboxylic acids is 1. The molecule has 0 aliphatic carbocycles. The largest absolute Gasteiger partial charge is 0.484 e. The van der Waals surface area contributed by atoms with E-state index in [2.05, 4.69) is 70.2 Å². The number of rotatable bonds is 4. The standard InChI is InChI=1S/C27H29NO2/c1-20-15-16-23-24(17-20)28(25(29)18-30-22-13-9-6-10-14-22)26(2,3)19-27(23,4)21-11-7-5-8-12-21/h5-17H,18-19H2,1-4H3/t27-/m1/s1. The predicted molar refractivity (Wildman–Crippen MR) is 122 cm³/mol. The summed E-state index contributed by atoms with van der Waals surface area (Å²) in [5.74, 6) is 0.685. The minimum absolute atomic E-state index is 0.0167. The highest BCUT2D eigenvalue weighted by Gasteiger charge is 2.47. The summed E-state index contributed by atoms with van der Waals surface area (Å²) < 4.78 is 5.81. The van der Waals surface area contributed by atoms with Crippen LogP contribution in [0.15, 0.2) is 78.9 Å². The van der Waals surface area contributed by atoms with Crippen LogP contribution < -0.4 is 9.64 Å². The molecule has 1 aliphatic rings. The van der Waals surface area contributed by atoms with Crippen LogP contribution in [-0.2, 0) is 10.2 Å². The maximum Gasteiger partial charge on any atom is 0.265 e. The van der Waals surface area contributed by atoms with Gasteiger partial charge in [0.05, 0.1) is 0 Å². The molecule has 0 fully saturated rings. The molecule has 0 radical (unpaired) electrons. The Balaban J connectivity index is 1.75. The van der Waals surface area contributed by atoms with Gasteiger partial charge in [-0.3, -0.25) is 4.79 Å². The average molecular weight is 400 g/mol. The van der Waals surface area contributed by atoms with Gasteiger partial charge in [0, 0.05) is 16.6 Å². The zero-order valence-electron chi connectivity index (χ0n) is 18.2. The molecule has 0 saturated heterocycles. The van der Waals surface area contributed by atoms with E-state index in [1.54, 1.807) is 0 Å². The highest BCUT2D eigenvalue weighted by molar-refractivity contribution is 5.97. The van der Waals surface area contributed by atoms with Crippen molar-refractivity contribution in [1.29, 1.82) is 0 Å². The van der Waals surface area contributed by atoms with Gasteiger partial charge in [0.1, 0.15) is 5.75 Å². The zero-order chi connectivity index (χ0) is 21.4. The number of carbonyl (C=O) groups is 1. The van der Waals surface area contributed by atoms with Crippen LogP contribution >= 0.6 is 0 Å². The van der Waals surface area contributed by atoms with E-state index < -0.39 is 0 Å². The molecule has 0 saturated carbocycles. The summed E-state index contributed by atoms with van der Waals surface area (Å²) in [6.45, 7) is 8.69. The van der Waals surface area contributed by atoms with E-state index in [-0.39, 0.29) is 23.5 Å². The summed E-state index contributed by atoms with van der Waals surface area (Å²) in [5, 5.41) is 0. The number of para-hydroxylation sites is 1. The van der Waals surface area contributed by atoms with Crippen LogP contribution in [0.5, 0.6) is 5.75 Å². The van der Waals surface area contributed by atoms with Gasteiger partial charge in [-0.05, 0) is 62.1 Å². The molecule has 1 atom stereocenters. The third-order valence-electron chi connectivity index (χ3n) is 6.15. The summed E-state index contributed by atoms with van der Waals surface area (Å²) in [6.07, 6.45) is 0.831. The van der Waals surface area contributed by atoms with Crippen molar-refractivity contribution in [1.82, 2.24) is 0 Å². The van der Waals surface area contributed by atoms with Crippen LogP contribution in [0.1, 0.15) is 43.9 Å². The monoisotopic (exact) mass is 399 g/mol. The van der Waals surface area contributed by atoms with Crippen molar-refractivity contribution in [2.45, 2.75) is 45.1 Å². The number of aryl methyl sites for hydroxylation is 1. The van der Waals surface area contributed by atoms with Gasteiger partial charge in [0.15, 0.2) is 6.61 Å². The minimum Gasteiger partial charge on any atom is -0.484 e. The summed E-state index contributed by atoms with van der Waals surface area (Å²) in [4.78, 5) is 15.4. The highest BCUT2D eigenvalue weighted by Crippen LogP contribution is 2.50. The van der Waals surface area contributed by atoms with E-state index in [1.807, 2.05) is 41.3 Å². The molecule has 0 aromatic heterocycles. The molecule has 3 aromatic rings. The molecule has 4 rings (SSSR count). The van der Waals surface area contributed by atoms with E-state index in [4.69, 9.17) is 4.74 Å². The number of ether oxygens (including phenoxy) is 1. The van der Waals surface area contributed by atoms with Crippen molar-refractivity contribution in [3.05, 3.63) is 95.6 Å². The normalized spacial score (nSPS) is 19.8. The fourth-order valence-electron chi connectivity index (χ4n) is 4.92. The first kappa shape index (κ1) is 20.2. The maximum absolute atomic E-state index is 13.4. The van der Waals surface area contributed by atoms with Gasteiger partial charge in [0.2, 0.25) is 0 Å². The summed E-state index contributed by atoms with van der Waals surface area (Å²) >= 11 is 0. The second kappa shape index (κ2) is 7.64. The van der Waals surface area contributed by atoms with Crippen LogP contribution in [0.3, 0.4) is 0 Å². The van der Waals surface area contributed by atoms with Crippen LogP contribution in [0, 0.1) is 6.92 Å². The van der Waals surface area contributed by atoms with E-state index in [1.165, 1.54) is 11.1 Å². The zero-order valence-corrected chi connectivity index (χ0v) is 18.2. The SMILES string of the molecule is Cc1ccc2c(c1)N(C(=O)COc1ccccc1)C(C)(C)C[C@]2(C)c1ccccc1. The van der Waals surface area contributed by atoms with E-state index >= 15 is 0 Å². The molecule has 0 N–H and O–H groups in total. The van der Waals surface area contributed by atoms with Crippen molar-refractivity contribution in [2.75, 3.05) is 11.5 Å². The molecular weight excluding hydrogens is 370 g/mol. The van der Waals surface area contributed by atoms with E-state index in [9.17, 15) is 4.79 Å². The number of hydrogen-bond donors (Lipinski definition) is 0. The van der Waals surface area contributed by atoms with Gasteiger partial charge in [-0.2, -0.15) is 0 Å². The first-order chi connectivity index (χ1) is 14.3. The molecule has 0 spiro atoms. The fourth-order valence-corrected chi connectivity index (χ4v) is 4.92. The number of benzene rings is 3. The first-order valence-corrected chi connectivity index (χ1v) is 10.5. The Kier molecular flexibility index (Phi) is 5.15. The lowest BCUT2D eigenvalue weighted by atomic mass is 9.65.